The topological polar surface area (TPSA) is 61.8 Å². The minimum absolute atomic E-state index is 0.167. The molecular formula is C16H25N3O. The van der Waals surface area contributed by atoms with E-state index in [1.165, 1.54) is 31.2 Å². The largest absolute Gasteiger partial charge is 0.409 e. The van der Waals surface area contributed by atoms with Gasteiger partial charge in [-0.25, -0.2) is 0 Å². The molecule has 0 spiro atoms. The lowest BCUT2D eigenvalue weighted by atomic mass is 9.86. The summed E-state index contributed by atoms with van der Waals surface area (Å²) in [7, 11) is 2.19. The Morgan fingerprint density at radius 1 is 1.45 bits per heavy atom. The zero-order valence-electron chi connectivity index (χ0n) is 12.4. The molecule has 1 saturated carbocycles. The Bertz CT molecular complexity index is 473. The SMILES string of the molecule is CC1CCCC(N(C)Cc2cccc(C(N)=NO)c2)C1. The van der Waals surface area contributed by atoms with E-state index in [9.17, 15) is 0 Å². The predicted octanol–water partition coefficient (Wildman–Crippen LogP) is 2.79. The summed E-state index contributed by atoms with van der Waals surface area (Å²) in [5.41, 5.74) is 7.62. The smallest absolute Gasteiger partial charge is 0.170 e. The Labute approximate surface area is 121 Å². The van der Waals surface area contributed by atoms with Gasteiger partial charge in [0.25, 0.3) is 0 Å². The average molecular weight is 275 g/mol. The van der Waals surface area contributed by atoms with Crippen LogP contribution in [0.5, 0.6) is 0 Å². The van der Waals surface area contributed by atoms with Crippen molar-refractivity contribution >= 4 is 5.84 Å². The van der Waals surface area contributed by atoms with Gasteiger partial charge in [0.15, 0.2) is 5.84 Å². The number of benzene rings is 1. The van der Waals surface area contributed by atoms with Crippen molar-refractivity contribution < 1.29 is 5.21 Å². The predicted molar refractivity (Wildman–Crippen MR) is 81.8 cm³/mol. The van der Waals surface area contributed by atoms with Crippen LogP contribution in [0.4, 0.5) is 0 Å². The molecule has 3 N–H and O–H groups in total. The summed E-state index contributed by atoms with van der Waals surface area (Å²) in [4.78, 5) is 2.43. The van der Waals surface area contributed by atoms with Gasteiger partial charge in [0.05, 0.1) is 0 Å². The molecule has 0 bridgehead atoms. The highest BCUT2D eigenvalue weighted by Gasteiger charge is 2.22. The van der Waals surface area contributed by atoms with Crippen LogP contribution in [0.3, 0.4) is 0 Å². The molecule has 4 heteroatoms. The lowest BCUT2D eigenvalue weighted by molar-refractivity contribution is 0.157. The van der Waals surface area contributed by atoms with Crippen LogP contribution in [0.2, 0.25) is 0 Å². The number of oxime groups is 1. The highest BCUT2D eigenvalue weighted by Crippen LogP contribution is 2.27. The first kappa shape index (κ1) is 14.9. The van der Waals surface area contributed by atoms with Crippen molar-refractivity contribution in [3.8, 4) is 0 Å². The molecule has 0 aliphatic heterocycles. The molecule has 0 radical (unpaired) electrons. The van der Waals surface area contributed by atoms with Gasteiger partial charge in [-0.3, -0.25) is 4.90 Å². The fraction of sp³-hybridized carbons (Fsp3) is 0.562. The van der Waals surface area contributed by atoms with Gasteiger partial charge in [-0.05, 0) is 37.4 Å². The second-order valence-electron chi connectivity index (χ2n) is 6.03. The Morgan fingerprint density at radius 2 is 2.25 bits per heavy atom. The third-order valence-corrected chi connectivity index (χ3v) is 4.29. The third kappa shape index (κ3) is 3.73. The van der Waals surface area contributed by atoms with Gasteiger partial charge < -0.3 is 10.9 Å². The molecule has 1 fully saturated rings. The summed E-state index contributed by atoms with van der Waals surface area (Å²) in [5.74, 6) is 1.00. The van der Waals surface area contributed by atoms with Crippen LogP contribution in [-0.2, 0) is 6.54 Å². The normalized spacial score (nSPS) is 24.1. The Hall–Kier alpha value is -1.55. The molecule has 4 nitrogen and oxygen atoms in total. The van der Waals surface area contributed by atoms with Gasteiger partial charge in [0, 0.05) is 18.2 Å². The number of hydrogen-bond donors (Lipinski definition) is 2. The molecule has 1 aromatic rings. The summed E-state index contributed by atoms with van der Waals surface area (Å²) < 4.78 is 0. The molecule has 2 atom stereocenters. The first-order valence-corrected chi connectivity index (χ1v) is 7.37. The van der Waals surface area contributed by atoms with E-state index in [2.05, 4.69) is 30.1 Å². The summed E-state index contributed by atoms with van der Waals surface area (Å²) >= 11 is 0. The van der Waals surface area contributed by atoms with Crippen LogP contribution in [0.1, 0.15) is 43.7 Å². The van der Waals surface area contributed by atoms with E-state index >= 15 is 0 Å². The fourth-order valence-corrected chi connectivity index (χ4v) is 3.11. The van der Waals surface area contributed by atoms with Gasteiger partial charge in [0.2, 0.25) is 0 Å². The van der Waals surface area contributed by atoms with E-state index in [0.29, 0.717) is 6.04 Å². The van der Waals surface area contributed by atoms with Crippen molar-refractivity contribution in [3.05, 3.63) is 35.4 Å². The van der Waals surface area contributed by atoms with E-state index < -0.39 is 0 Å². The Kier molecular flexibility index (Phi) is 5.01. The van der Waals surface area contributed by atoms with Crippen LogP contribution in [0.15, 0.2) is 29.4 Å². The molecule has 1 aliphatic carbocycles. The van der Waals surface area contributed by atoms with E-state index in [4.69, 9.17) is 10.9 Å². The van der Waals surface area contributed by atoms with Gasteiger partial charge in [0.1, 0.15) is 0 Å². The summed E-state index contributed by atoms with van der Waals surface area (Å²) in [6.45, 7) is 3.25. The standard InChI is InChI=1S/C16H25N3O/c1-12-5-3-8-15(9-12)19(2)11-13-6-4-7-14(10-13)16(17)18-20/h4,6-7,10,12,15,20H,3,5,8-9,11H2,1-2H3,(H2,17,18). The lowest BCUT2D eigenvalue weighted by Crippen LogP contribution is -2.35. The number of amidine groups is 1. The maximum atomic E-state index is 8.75. The number of hydrogen-bond acceptors (Lipinski definition) is 3. The van der Waals surface area contributed by atoms with E-state index in [1.807, 2.05) is 18.2 Å². The third-order valence-electron chi connectivity index (χ3n) is 4.29. The molecule has 0 saturated heterocycles. The van der Waals surface area contributed by atoms with E-state index in [1.54, 1.807) is 0 Å². The van der Waals surface area contributed by atoms with Crippen molar-refractivity contribution in [2.45, 2.75) is 45.2 Å². The molecule has 110 valence electrons. The van der Waals surface area contributed by atoms with Gasteiger partial charge in [-0.2, -0.15) is 0 Å². The molecule has 0 aromatic heterocycles. The number of rotatable bonds is 4. The van der Waals surface area contributed by atoms with Crippen LogP contribution < -0.4 is 5.73 Å². The second kappa shape index (κ2) is 6.75. The Balaban J connectivity index is 2.02. The summed E-state index contributed by atoms with van der Waals surface area (Å²) in [6, 6.07) is 8.59. The maximum absolute atomic E-state index is 8.75. The van der Waals surface area contributed by atoms with E-state index in [0.717, 1.165) is 18.0 Å². The van der Waals surface area contributed by atoms with Crippen LogP contribution in [0.25, 0.3) is 0 Å². The number of nitrogens with two attached hydrogens (primary N) is 1. The second-order valence-corrected chi connectivity index (χ2v) is 6.03. The molecule has 2 rings (SSSR count). The fourth-order valence-electron chi connectivity index (χ4n) is 3.11. The van der Waals surface area contributed by atoms with Crippen molar-refractivity contribution in [2.24, 2.45) is 16.8 Å². The highest BCUT2D eigenvalue weighted by atomic mass is 16.4. The highest BCUT2D eigenvalue weighted by molar-refractivity contribution is 5.97. The molecule has 20 heavy (non-hydrogen) atoms. The molecule has 1 aromatic carbocycles. The zero-order valence-corrected chi connectivity index (χ0v) is 12.4. The minimum Gasteiger partial charge on any atom is -0.409 e. The minimum atomic E-state index is 0.167. The van der Waals surface area contributed by atoms with Gasteiger partial charge in [-0.15, -0.1) is 0 Å². The lowest BCUT2D eigenvalue weighted by Gasteiger charge is -2.34. The van der Waals surface area contributed by atoms with E-state index in [-0.39, 0.29) is 5.84 Å². The molecular weight excluding hydrogens is 250 g/mol. The van der Waals surface area contributed by atoms with Crippen molar-refractivity contribution in [3.63, 3.8) is 0 Å². The van der Waals surface area contributed by atoms with Gasteiger partial charge >= 0.3 is 0 Å². The Morgan fingerprint density at radius 3 is 2.95 bits per heavy atom. The van der Waals surface area contributed by atoms with Crippen LogP contribution in [0, 0.1) is 5.92 Å². The molecule has 0 amide bonds. The average Bonchev–Trinajstić information content (AvgIpc) is 2.46. The zero-order chi connectivity index (χ0) is 14.5. The molecule has 2 unspecified atom stereocenters. The monoisotopic (exact) mass is 275 g/mol. The quantitative estimate of drug-likeness (QED) is 0.384. The first-order chi connectivity index (χ1) is 9.60. The van der Waals surface area contributed by atoms with Crippen LogP contribution >= 0.6 is 0 Å². The van der Waals surface area contributed by atoms with Crippen LogP contribution in [-0.4, -0.2) is 29.0 Å². The maximum Gasteiger partial charge on any atom is 0.170 e. The van der Waals surface area contributed by atoms with Crippen molar-refractivity contribution in [2.75, 3.05) is 7.05 Å². The van der Waals surface area contributed by atoms with Crippen molar-refractivity contribution in [1.29, 1.82) is 0 Å². The molecule has 0 heterocycles. The summed E-state index contributed by atoms with van der Waals surface area (Å²) in [5, 5.41) is 11.8. The number of nitrogens with zero attached hydrogens (tertiary/aromatic N) is 2. The summed E-state index contributed by atoms with van der Waals surface area (Å²) in [6.07, 6.45) is 5.28. The molecule has 1 aliphatic rings. The van der Waals surface area contributed by atoms with Gasteiger partial charge in [-0.1, -0.05) is 43.1 Å². The van der Waals surface area contributed by atoms with Crippen molar-refractivity contribution in [1.82, 2.24) is 4.90 Å². The first-order valence-electron chi connectivity index (χ1n) is 7.37.